The molecule has 2 fully saturated rings. The summed E-state index contributed by atoms with van der Waals surface area (Å²) in [5.74, 6) is -2.29. The van der Waals surface area contributed by atoms with E-state index in [-0.39, 0.29) is 11.5 Å². The van der Waals surface area contributed by atoms with Crippen LogP contribution in [0.15, 0.2) is 12.4 Å². The van der Waals surface area contributed by atoms with Crippen molar-refractivity contribution in [3.05, 3.63) is 23.1 Å². The van der Waals surface area contributed by atoms with Gasteiger partial charge in [-0.1, -0.05) is 11.6 Å². The lowest BCUT2D eigenvalue weighted by atomic mass is 9.60. The Morgan fingerprint density at radius 3 is 2.81 bits per heavy atom. The highest BCUT2D eigenvalue weighted by molar-refractivity contribution is 7.94. The number of nitrogens with zero attached hydrogens (tertiary/aromatic N) is 5. The van der Waals surface area contributed by atoms with E-state index in [0.29, 0.717) is 5.15 Å². The second kappa shape index (κ2) is 6.70. The van der Waals surface area contributed by atoms with E-state index >= 15 is 0 Å². The Labute approximate surface area is 164 Å². The molecule has 3 N–H and O–H groups in total. The van der Waals surface area contributed by atoms with Gasteiger partial charge in [0.05, 0.1) is 6.54 Å². The molecule has 1 aliphatic heterocycles. The van der Waals surface area contributed by atoms with Crippen LogP contribution >= 0.6 is 23.7 Å². The van der Waals surface area contributed by atoms with Crippen LogP contribution in [0, 0.1) is 12.3 Å². The van der Waals surface area contributed by atoms with Crippen molar-refractivity contribution in [2.45, 2.75) is 31.7 Å². The quantitative estimate of drug-likeness (QED) is 0.695. The minimum Gasteiger partial charge on any atom is -0.390 e. The second-order valence-electron chi connectivity index (χ2n) is 7.61. The third kappa shape index (κ3) is 3.27. The van der Waals surface area contributed by atoms with E-state index < -0.39 is 19.1 Å². The Bertz CT molecular complexity index is 851. The normalized spacial score (nSPS) is 19.7. The van der Waals surface area contributed by atoms with Crippen molar-refractivity contribution in [2.24, 2.45) is 10.6 Å². The van der Waals surface area contributed by atoms with Gasteiger partial charge in [0.15, 0.2) is 5.82 Å². The van der Waals surface area contributed by atoms with Crippen molar-refractivity contribution in [3.8, 4) is 0 Å². The summed E-state index contributed by atoms with van der Waals surface area (Å²) in [5, 5.41) is 19.1. The Morgan fingerprint density at radius 1 is 1.48 bits per heavy atom. The Kier molecular flexibility index (Phi) is 4.75. The standard InChI is InChI=1S/C16H21ClF2N6OS/c1-10-2-12(17)25-13(10)14(21-9-22-25)23-5-15(6-23)3-11(4-15)24(27-20)7-16(18,19)8-26/h2,9,11,26H,3-8,20H2,1H3. The maximum absolute atomic E-state index is 13.5. The fraction of sp³-hybridized carbons (Fsp3) is 0.625. The molecule has 0 radical (unpaired) electrons. The number of aliphatic hydroxyl groups excluding tert-OH is 1. The first-order valence-electron chi connectivity index (χ1n) is 8.63. The molecular weight excluding hydrogens is 398 g/mol. The molecule has 1 aliphatic carbocycles. The molecule has 0 amide bonds. The molecule has 0 bridgehead atoms. The van der Waals surface area contributed by atoms with Gasteiger partial charge in [-0.15, -0.1) is 0 Å². The van der Waals surface area contributed by atoms with Crippen LogP contribution in [0.5, 0.6) is 0 Å². The third-order valence-electron chi connectivity index (χ3n) is 5.53. The smallest absolute Gasteiger partial charge is 0.284 e. The van der Waals surface area contributed by atoms with E-state index in [0.717, 1.165) is 55.0 Å². The number of aliphatic hydroxyl groups is 1. The number of halogens is 3. The zero-order valence-electron chi connectivity index (χ0n) is 14.8. The second-order valence-corrected chi connectivity index (χ2v) is 8.67. The van der Waals surface area contributed by atoms with E-state index in [1.165, 1.54) is 10.6 Å². The average Bonchev–Trinajstić information content (AvgIpc) is 2.86. The van der Waals surface area contributed by atoms with Gasteiger partial charge >= 0.3 is 0 Å². The Hall–Kier alpha value is -1.20. The predicted octanol–water partition coefficient (Wildman–Crippen LogP) is 2.11. The minimum absolute atomic E-state index is 0.00512. The summed E-state index contributed by atoms with van der Waals surface area (Å²) in [5.41, 5.74) is 2.02. The van der Waals surface area contributed by atoms with Gasteiger partial charge in [0.2, 0.25) is 0 Å². The fourth-order valence-corrected chi connectivity index (χ4v) is 5.11. The predicted molar refractivity (Wildman–Crippen MR) is 101 cm³/mol. The molecule has 27 heavy (non-hydrogen) atoms. The van der Waals surface area contributed by atoms with Crippen LogP contribution < -0.4 is 10.0 Å². The minimum atomic E-state index is -3.14. The lowest BCUT2D eigenvalue weighted by Crippen LogP contribution is -2.67. The molecule has 148 valence electrons. The van der Waals surface area contributed by atoms with E-state index in [2.05, 4.69) is 15.0 Å². The number of nitrogens with two attached hydrogens (primary N) is 1. The van der Waals surface area contributed by atoms with E-state index in [1.54, 1.807) is 4.52 Å². The lowest BCUT2D eigenvalue weighted by molar-refractivity contribution is -0.0791. The first kappa shape index (κ1) is 19.1. The number of hydrogen-bond donors (Lipinski definition) is 2. The molecule has 1 spiro atoms. The highest BCUT2D eigenvalue weighted by atomic mass is 35.5. The Morgan fingerprint density at radius 2 is 2.19 bits per heavy atom. The lowest BCUT2D eigenvalue weighted by Gasteiger charge is -2.61. The van der Waals surface area contributed by atoms with Crippen molar-refractivity contribution >= 4 is 35.1 Å². The molecule has 11 heteroatoms. The first-order valence-corrected chi connectivity index (χ1v) is 9.85. The molecule has 1 saturated carbocycles. The number of alkyl halides is 2. The average molecular weight is 419 g/mol. The highest BCUT2D eigenvalue weighted by Crippen LogP contribution is 2.52. The SMILES string of the molecule is Cc1cc(Cl)n2ncnc(N3CC4(CC(N(CC(F)(F)CO)SN)C4)C3)c12. The van der Waals surface area contributed by atoms with Crippen LogP contribution in [0.3, 0.4) is 0 Å². The van der Waals surface area contributed by atoms with E-state index in [9.17, 15) is 8.78 Å². The van der Waals surface area contributed by atoms with Crippen LogP contribution in [-0.2, 0) is 0 Å². The summed E-state index contributed by atoms with van der Waals surface area (Å²) in [6.07, 6.45) is 3.10. The largest absolute Gasteiger partial charge is 0.390 e. The number of fused-ring (bicyclic) bond motifs is 1. The summed E-state index contributed by atoms with van der Waals surface area (Å²) in [7, 11) is 0. The van der Waals surface area contributed by atoms with Gasteiger partial charge in [-0.3, -0.25) is 5.14 Å². The zero-order chi connectivity index (χ0) is 19.4. The van der Waals surface area contributed by atoms with Crippen LogP contribution in [-0.4, -0.2) is 62.2 Å². The fourth-order valence-electron chi connectivity index (χ4n) is 4.24. The summed E-state index contributed by atoms with van der Waals surface area (Å²) < 4.78 is 30.1. The molecule has 3 heterocycles. The Balaban J connectivity index is 1.41. The van der Waals surface area contributed by atoms with Crippen molar-refractivity contribution in [1.29, 1.82) is 0 Å². The van der Waals surface area contributed by atoms with Crippen molar-refractivity contribution < 1.29 is 13.9 Å². The zero-order valence-corrected chi connectivity index (χ0v) is 16.3. The number of anilines is 1. The highest BCUT2D eigenvalue weighted by Gasteiger charge is 2.55. The molecule has 0 atom stereocenters. The summed E-state index contributed by atoms with van der Waals surface area (Å²) in [6.45, 7) is 1.90. The maximum atomic E-state index is 13.5. The molecule has 0 unspecified atom stereocenters. The van der Waals surface area contributed by atoms with Gasteiger partial charge < -0.3 is 10.0 Å². The summed E-state index contributed by atoms with van der Waals surface area (Å²) in [6, 6.07) is 1.86. The topological polar surface area (TPSA) is 82.9 Å². The number of aryl methyl sites for hydroxylation is 1. The number of hydrogen-bond acceptors (Lipinski definition) is 7. The van der Waals surface area contributed by atoms with Gasteiger partial charge in [-0.2, -0.15) is 5.10 Å². The molecule has 1 saturated heterocycles. The van der Waals surface area contributed by atoms with E-state index in [1.807, 2.05) is 13.0 Å². The number of rotatable bonds is 6. The molecule has 0 aromatic carbocycles. The molecule has 2 aromatic heterocycles. The summed E-state index contributed by atoms with van der Waals surface area (Å²) >= 11 is 7.03. The molecule has 2 aliphatic rings. The van der Waals surface area contributed by atoms with Gasteiger partial charge in [0, 0.05) is 36.7 Å². The summed E-state index contributed by atoms with van der Waals surface area (Å²) in [4.78, 5) is 6.61. The maximum Gasteiger partial charge on any atom is 0.284 e. The molecule has 7 nitrogen and oxygen atoms in total. The van der Waals surface area contributed by atoms with Crippen LogP contribution in [0.25, 0.3) is 5.52 Å². The van der Waals surface area contributed by atoms with Gasteiger partial charge in [0.25, 0.3) is 5.92 Å². The van der Waals surface area contributed by atoms with Gasteiger partial charge in [0.1, 0.15) is 23.6 Å². The van der Waals surface area contributed by atoms with E-state index in [4.69, 9.17) is 21.8 Å². The number of aromatic nitrogens is 3. The van der Waals surface area contributed by atoms with Crippen molar-refractivity contribution in [2.75, 3.05) is 31.1 Å². The molecular formula is C16H21ClF2N6OS. The van der Waals surface area contributed by atoms with Gasteiger partial charge in [-0.25, -0.2) is 22.6 Å². The van der Waals surface area contributed by atoms with Crippen molar-refractivity contribution in [1.82, 2.24) is 18.9 Å². The molecule has 2 aromatic rings. The van der Waals surface area contributed by atoms with Crippen molar-refractivity contribution in [3.63, 3.8) is 0 Å². The van der Waals surface area contributed by atoms with Gasteiger partial charge in [-0.05, 0) is 31.4 Å². The van der Waals surface area contributed by atoms with Crippen LogP contribution in [0.4, 0.5) is 14.6 Å². The van der Waals surface area contributed by atoms with Crippen LogP contribution in [0.1, 0.15) is 18.4 Å². The first-order chi connectivity index (χ1) is 12.8. The van der Waals surface area contributed by atoms with Crippen LogP contribution in [0.2, 0.25) is 5.15 Å². The third-order valence-corrected chi connectivity index (χ3v) is 6.50. The molecule has 4 rings (SSSR count). The monoisotopic (exact) mass is 418 g/mol.